The second-order valence-corrected chi connectivity index (χ2v) is 8.14. The third kappa shape index (κ3) is 3.17. The smallest absolute Gasteiger partial charge is 0.283 e. The van der Waals surface area contributed by atoms with Crippen LogP contribution in [0.5, 0.6) is 0 Å². The summed E-state index contributed by atoms with van der Waals surface area (Å²) in [4.78, 5) is 16.8. The summed E-state index contributed by atoms with van der Waals surface area (Å²) in [6, 6.07) is 18.3. The van der Waals surface area contributed by atoms with Crippen LogP contribution in [0.15, 0.2) is 76.5 Å². The molecule has 5 rings (SSSR count). The number of aromatic nitrogens is 1. The Balaban J connectivity index is 1.53. The van der Waals surface area contributed by atoms with E-state index in [1.165, 1.54) is 22.2 Å². The van der Waals surface area contributed by atoms with Gasteiger partial charge in [-0.25, -0.2) is 0 Å². The van der Waals surface area contributed by atoms with Gasteiger partial charge >= 0.3 is 0 Å². The van der Waals surface area contributed by atoms with E-state index < -0.39 is 5.91 Å². The molecule has 0 fully saturated rings. The van der Waals surface area contributed by atoms with Crippen LogP contribution >= 0.6 is 11.8 Å². The zero-order valence-corrected chi connectivity index (χ0v) is 17.2. The average Bonchev–Trinajstić information content (AvgIpc) is 3.38. The van der Waals surface area contributed by atoms with Crippen molar-refractivity contribution in [3.8, 4) is 5.69 Å². The zero-order chi connectivity index (χ0) is 20.7. The van der Waals surface area contributed by atoms with Gasteiger partial charge in [0, 0.05) is 17.6 Å². The summed E-state index contributed by atoms with van der Waals surface area (Å²) in [6.07, 6.45) is 5.44. The van der Waals surface area contributed by atoms with Gasteiger partial charge in [0.15, 0.2) is 5.84 Å². The predicted molar refractivity (Wildman–Crippen MR) is 123 cm³/mol. The highest BCUT2D eigenvalue weighted by Gasteiger charge is 2.35. The lowest BCUT2D eigenvalue weighted by molar-refractivity contribution is -0.114. The number of benzene rings is 2. The van der Waals surface area contributed by atoms with E-state index in [1.54, 1.807) is 6.08 Å². The molecule has 1 N–H and O–H groups in total. The molecule has 0 aliphatic carbocycles. The van der Waals surface area contributed by atoms with Gasteiger partial charge in [0.2, 0.25) is 5.17 Å². The van der Waals surface area contributed by atoms with Gasteiger partial charge in [-0.3, -0.25) is 10.2 Å². The summed E-state index contributed by atoms with van der Waals surface area (Å²) in [5.41, 5.74) is 2.03. The van der Waals surface area contributed by atoms with E-state index in [1.807, 2.05) is 41.1 Å². The third-order valence-electron chi connectivity index (χ3n) is 5.04. The molecule has 0 spiro atoms. The molecule has 2 aliphatic heterocycles. The van der Waals surface area contributed by atoms with Gasteiger partial charge in [-0.15, -0.1) is 0 Å². The van der Waals surface area contributed by atoms with Crippen molar-refractivity contribution < 1.29 is 4.79 Å². The molecular formula is C23H19N5OS. The number of amidine groups is 2. The van der Waals surface area contributed by atoms with E-state index in [4.69, 9.17) is 5.41 Å². The van der Waals surface area contributed by atoms with Gasteiger partial charge in [-0.2, -0.15) is 15.1 Å². The first-order valence-corrected chi connectivity index (χ1v) is 10.6. The molecule has 0 saturated heterocycles. The van der Waals surface area contributed by atoms with Crippen molar-refractivity contribution >= 4 is 50.6 Å². The van der Waals surface area contributed by atoms with Crippen LogP contribution in [-0.4, -0.2) is 31.5 Å². The first-order chi connectivity index (χ1) is 14.6. The number of nitrogens with one attached hydrogen (secondary N) is 1. The van der Waals surface area contributed by atoms with Crippen molar-refractivity contribution in [3.63, 3.8) is 0 Å². The Morgan fingerprint density at radius 2 is 1.93 bits per heavy atom. The Hall–Kier alpha value is -3.45. The molecule has 2 aliphatic rings. The molecule has 0 saturated carbocycles. The number of carbonyl (C=O) groups is 1. The average molecular weight is 414 g/mol. The minimum absolute atomic E-state index is 0.0647. The molecule has 30 heavy (non-hydrogen) atoms. The maximum absolute atomic E-state index is 12.7. The fourth-order valence-corrected chi connectivity index (χ4v) is 4.55. The standard InChI is InChI=1S/C23H19N5OS/c1-2-6-20-26-28-21(24)19(22(29)25-23(28)30-20)14-17-9-5-12-27(17)18-11-10-15-7-3-4-8-16(15)13-18/h3-5,7-14,24H,2,6H2,1H3/b19-14-,24-21?. The topological polar surface area (TPSA) is 73.8 Å². The molecule has 1 aromatic heterocycles. The van der Waals surface area contributed by atoms with Crippen molar-refractivity contribution in [2.75, 3.05) is 0 Å². The number of hydrogen-bond acceptors (Lipinski definition) is 4. The van der Waals surface area contributed by atoms with E-state index in [2.05, 4.69) is 41.3 Å². The lowest BCUT2D eigenvalue weighted by Gasteiger charge is -2.20. The maximum Gasteiger partial charge on any atom is 0.283 e. The summed E-state index contributed by atoms with van der Waals surface area (Å²) in [5, 5.41) is 18.1. The van der Waals surface area contributed by atoms with Gasteiger partial charge in [0.25, 0.3) is 5.91 Å². The van der Waals surface area contributed by atoms with E-state index in [0.717, 1.165) is 34.7 Å². The molecule has 148 valence electrons. The van der Waals surface area contributed by atoms with E-state index in [-0.39, 0.29) is 11.4 Å². The van der Waals surface area contributed by atoms with Crippen LogP contribution in [0.25, 0.3) is 22.5 Å². The van der Waals surface area contributed by atoms with Crippen molar-refractivity contribution in [3.05, 3.63) is 72.1 Å². The van der Waals surface area contributed by atoms with Crippen LogP contribution in [-0.2, 0) is 4.79 Å². The second-order valence-electron chi connectivity index (χ2n) is 7.10. The minimum Gasteiger partial charge on any atom is -0.317 e. The Labute approximate surface area is 178 Å². The van der Waals surface area contributed by atoms with Crippen LogP contribution < -0.4 is 0 Å². The number of carbonyl (C=O) groups excluding carboxylic acids is 1. The lowest BCUT2D eigenvalue weighted by Crippen LogP contribution is -2.35. The maximum atomic E-state index is 12.7. The van der Waals surface area contributed by atoms with Crippen LogP contribution in [0.2, 0.25) is 0 Å². The largest absolute Gasteiger partial charge is 0.317 e. The Bertz CT molecular complexity index is 1280. The number of thioether (sulfide) groups is 1. The number of hydrogen-bond donors (Lipinski definition) is 1. The SMILES string of the molecule is CCCC1=NN2C(=N)/C(=C/c3cccn3-c3ccc4ccccc4c3)C(=O)N=C2S1. The zero-order valence-electron chi connectivity index (χ0n) is 16.4. The molecule has 0 atom stereocenters. The Morgan fingerprint density at radius 1 is 1.10 bits per heavy atom. The van der Waals surface area contributed by atoms with E-state index in [9.17, 15) is 4.79 Å². The summed E-state index contributed by atoms with van der Waals surface area (Å²) in [6.45, 7) is 2.07. The van der Waals surface area contributed by atoms with Crippen LogP contribution in [0, 0.1) is 5.41 Å². The molecule has 6 nitrogen and oxygen atoms in total. The fraction of sp³-hybridized carbons (Fsp3) is 0.130. The quantitative estimate of drug-likeness (QED) is 0.608. The third-order valence-corrected chi connectivity index (χ3v) is 6.01. The minimum atomic E-state index is -0.405. The number of nitrogens with zero attached hydrogens (tertiary/aromatic N) is 4. The van der Waals surface area contributed by atoms with Crippen molar-refractivity contribution in [1.82, 2.24) is 9.58 Å². The molecule has 0 bridgehead atoms. The molecule has 2 aromatic carbocycles. The number of rotatable bonds is 4. The van der Waals surface area contributed by atoms with E-state index in [0.29, 0.717) is 5.17 Å². The summed E-state index contributed by atoms with van der Waals surface area (Å²) >= 11 is 1.37. The van der Waals surface area contributed by atoms with Gasteiger partial charge in [0.1, 0.15) is 5.04 Å². The first-order valence-electron chi connectivity index (χ1n) is 9.79. The highest BCUT2D eigenvalue weighted by Crippen LogP contribution is 2.30. The van der Waals surface area contributed by atoms with Gasteiger partial charge < -0.3 is 4.57 Å². The van der Waals surface area contributed by atoms with Crippen LogP contribution in [0.3, 0.4) is 0 Å². The first kappa shape index (κ1) is 18.6. The number of aliphatic imine (C=N–C) groups is 1. The number of amides is 1. The molecule has 0 radical (unpaired) electrons. The van der Waals surface area contributed by atoms with E-state index >= 15 is 0 Å². The van der Waals surface area contributed by atoms with Gasteiger partial charge in [-0.1, -0.05) is 37.3 Å². The number of hydrazone groups is 1. The second kappa shape index (κ2) is 7.42. The van der Waals surface area contributed by atoms with Crippen molar-refractivity contribution in [2.45, 2.75) is 19.8 Å². The summed E-state index contributed by atoms with van der Waals surface area (Å²) < 4.78 is 2.00. The van der Waals surface area contributed by atoms with Crippen LogP contribution in [0.4, 0.5) is 0 Å². The normalized spacial score (nSPS) is 17.5. The summed E-state index contributed by atoms with van der Waals surface area (Å²) in [5.74, 6) is -0.340. The van der Waals surface area contributed by atoms with Crippen molar-refractivity contribution in [2.24, 2.45) is 10.1 Å². The molecular weight excluding hydrogens is 394 g/mol. The molecule has 3 aromatic rings. The molecule has 7 heteroatoms. The molecule has 0 unspecified atom stereocenters. The Kier molecular flexibility index (Phi) is 4.59. The van der Waals surface area contributed by atoms with Crippen molar-refractivity contribution in [1.29, 1.82) is 5.41 Å². The summed E-state index contributed by atoms with van der Waals surface area (Å²) in [7, 11) is 0. The lowest BCUT2D eigenvalue weighted by atomic mass is 10.1. The highest BCUT2D eigenvalue weighted by atomic mass is 32.2. The number of fused-ring (bicyclic) bond motifs is 2. The van der Waals surface area contributed by atoms with Gasteiger partial charge in [0.05, 0.1) is 5.57 Å². The predicted octanol–water partition coefficient (Wildman–Crippen LogP) is 5.05. The highest BCUT2D eigenvalue weighted by molar-refractivity contribution is 8.26. The monoisotopic (exact) mass is 413 g/mol. The molecule has 1 amide bonds. The fourth-order valence-electron chi connectivity index (χ4n) is 3.57. The van der Waals surface area contributed by atoms with Crippen LogP contribution in [0.1, 0.15) is 25.5 Å². The Morgan fingerprint density at radius 3 is 2.77 bits per heavy atom. The molecule has 3 heterocycles. The van der Waals surface area contributed by atoms with Gasteiger partial charge in [-0.05, 0) is 65.7 Å².